The van der Waals surface area contributed by atoms with Gasteiger partial charge in [0.1, 0.15) is 28.9 Å². The van der Waals surface area contributed by atoms with Gasteiger partial charge in [0, 0.05) is 38.9 Å². The highest BCUT2D eigenvalue weighted by atomic mass is 32.2. The van der Waals surface area contributed by atoms with Gasteiger partial charge >= 0.3 is 0 Å². The highest BCUT2D eigenvalue weighted by Crippen LogP contribution is 2.24. The van der Waals surface area contributed by atoms with Gasteiger partial charge in [-0.15, -0.1) is 0 Å². The van der Waals surface area contributed by atoms with Crippen LogP contribution in [0.3, 0.4) is 0 Å². The number of nitrogens with zero attached hydrogens (tertiary/aromatic N) is 2. The van der Waals surface area contributed by atoms with Crippen LogP contribution in [0.15, 0.2) is 52.3 Å². The summed E-state index contributed by atoms with van der Waals surface area (Å²) in [6, 6.07) is 8.14. The SMILES string of the molecule is CCOCCOc1ccc(S(=O)(=O)N2CCN(S(=O)(=O)c3ccc(F)cc3F)CC2)cc1. The van der Waals surface area contributed by atoms with E-state index in [-0.39, 0.29) is 31.1 Å². The van der Waals surface area contributed by atoms with Crippen LogP contribution in [-0.4, -0.2) is 71.4 Å². The van der Waals surface area contributed by atoms with Gasteiger partial charge in [0.2, 0.25) is 20.0 Å². The molecule has 0 saturated carbocycles. The Morgan fingerprint density at radius 1 is 0.844 bits per heavy atom. The minimum absolute atomic E-state index is 0.0514. The van der Waals surface area contributed by atoms with Gasteiger partial charge in [-0.2, -0.15) is 8.61 Å². The van der Waals surface area contributed by atoms with Crippen molar-refractivity contribution in [2.75, 3.05) is 46.0 Å². The molecule has 3 rings (SSSR count). The minimum Gasteiger partial charge on any atom is -0.491 e. The first-order valence-corrected chi connectivity index (χ1v) is 12.8. The first kappa shape index (κ1) is 24.5. The van der Waals surface area contributed by atoms with E-state index in [1.54, 1.807) is 0 Å². The van der Waals surface area contributed by atoms with Gasteiger partial charge in [-0.05, 0) is 43.3 Å². The van der Waals surface area contributed by atoms with Crippen molar-refractivity contribution in [1.29, 1.82) is 0 Å². The van der Waals surface area contributed by atoms with Gasteiger partial charge in [-0.3, -0.25) is 0 Å². The molecule has 1 aliphatic heterocycles. The van der Waals surface area contributed by atoms with Crippen molar-refractivity contribution in [3.8, 4) is 5.75 Å². The predicted molar refractivity (Wildman–Crippen MR) is 112 cm³/mol. The quantitative estimate of drug-likeness (QED) is 0.500. The number of piperazine rings is 1. The molecular weight excluding hydrogens is 466 g/mol. The van der Waals surface area contributed by atoms with Crippen LogP contribution in [0.25, 0.3) is 0 Å². The van der Waals surface area contributed by atoms with Crippen molar-refractivity contribution in [2.24, 2.45) is 0 Å². The third-order valence-corrected chi connectivity index (χ3v) is 8.72. The molecule has 0 bridgehead atoms. The van der Waals surface area contributed by atoms with Gasteiger partial charge < -0.3 is 9.47 Å². The Balaban J connectivity index is 1.65. The summed E-state index contributed by atoms with van der Waals surface area (Å²) in [7, 11) is -8.07. The molecule has 2 aromatic carbocycles. The predicted octanol–water partition coefficient (Wildman–Crippen LogP) is 2.08. The van der Waals surface area contributed by atoms with Gasteiger partial charge in [0.05, 0.1) is 11.5 Å². The molecule has 8 nitrogen and oxygen atoms in total. The Bertz CT molecular complexity index is 1130. The number of hydrogen-bond acceptors (Lipinski definition) is 6. The molecule has 1 aliphatic rings. The molecule has 1 saturated heterocycles. The summed E-state index contributed by atoms with van der Waals surface area (Å²) in [5.41, 5.74) is 0. The van der Waals surface area contributed by atoms with Gasteiger partial charge in [0.15, 0.2) is 0 Å². The topological polar surface area (TPSA) is 93.2 Å². The molecule has 2 aromatic rings. The molecule has 0 spiro atoms. The smallest absolute Gasteiger partial charge is 0.246 e. The zero-order chi connectivity index (χ0) is 23.4. The van der Waals surface area contributed by atoms with E-state index >= 15 is 0 Å². The maximum absolute atomic E-state index is 14.0. The van der Waals surface area contributed by atoms with E-state index in [1.165, 1.54) is 28.6 Å². The average Bonchev–Trinajstić information content (AvgIpc) is 2.77. The van der Waals surface area contributed by atoms with E-state index in [4.69, 9.17) is 9.47 Å². The highest BCUT2D eigenvalue weighted by molar-refractivity contribution is 7.89. The maximum Gasteiger partial charge on any atom is 0.246 e. The Kier molecular flexibility index (Phi) is 7.83. The van der Waals surface area contributed by atoms with Crippen LogP contribution in [0.2, 0.25) is 0 Å². The Hall–Kier alpha value is -2.12. The molecule has 1 heterocycles. The standard InChI is InChI=1S/C20H24F2N2O6S2/c1-2-29-13-14-30-17-4-6-18(7-5-17)31(25,26)23-9-11-24(12-10-23)32(27,28)20-8-3-16(21)15-19(20)22/h3-8,15H,2,9-14H2,1H3. The Morgan fingerprint density at radius 3 is 2.00 bits per heavy atom. The third-order valence-electron chi connectivity index (χ3n) is 4.87. The lowest BCUT2D eigenvalue weighted by molar-refractivity contribution is 0.110. The monoisotopic (exact) mass is 490 g/mol. The first-order valence-electron chi connectivity index (χ1n) is 9.92. The van der Waals surface area contributed by atoms with Crippen molar-refractivity contribution < 1.29 is 35.1 Å². The average molecular weight is 491 g/mol. The second kappa shape index (κ2) is 10.2. The fourth-order valence-electron chi connectivity index (χ4n) is 3.19. The summed E-state index contributed by atoms with van der Waals surface area (Å²) in [4.78, 5) is -0.592. The summed E-state index contributed by atoms with van der Waals surface area (Å²) < 4.78 is 91.1. The Labute approximate surface area is 186 Å². The molecule has 0 atom stereocenters. The molecule has 0 N–H and O–H groups in total. The van der Waals surface area contributed by atoms with E-state index in [0.29, 0.717) is 31.6 Å². The highest BCUT2D eigenvalue weighted by Gasteiger charge is 2.35. The maximum atomic E-state index is 14.0. The van der Waals surface area contributed by atoms with Gasteiger partial charge in [-0.1, -0.05) is 0 Å². The van der Waals surface area contributed by atoms with Crippen molar-refractivity contribution in [3.05, 3.63) is 54.1 Å². The second-order valence-corrected chi connectivity index (χ2v) is 10.7. The summed E-state index contributed by atoms with van der Waals surface area (Å²) in [5, 5.41) is 0. The zero-order valence-electron chi connectivity index (χ0n) is 17.4. The molecule has 0 radical (unpaired) electrons. The molecule has 0 aliphatic carbocycles. The van der Waals surface area contributed by atoms with E-state index in [1.807, 2.05) is 6.92 Å². The van der Waals surface area contributed by atoms with Crippen molar-refractivity contribution in [1.82, 2.24) is 8.61 Å². The van der Waals surface area contributed by atoms with Crippen LogP contribution >= 0.6 is 0 Å². The van der Waals surface area contributed by atoms with Crippen LogP contribution in [0.4, 0.5) is 8.78 Å². The molecule has 176 valence electrons. The lowest BCUT2D eigenvalue weighted by Crippen LogP contribution is -2.50. The summed E-state index contributed by atoms with van der Waals surface area (Å²) in [5.74, 6) is -1.58. The minimum atomic E-state index is -4.22. The number of halogens is 2. The largest absolute Gasteiger partial charge is 0.491 e. The molecule has 12 heteroatoms. The summed E-state index contributed by atoms with van der Waals surface area (Å²) >= 11 is 0. The number of ether oxygens (including phenoxy) is 2. The van der Waals surface area contributed by atoms with E-state index in [0.717, 1.165) is 16.4 Å². The number of sulfonamides is 2. The molecule has 0 amide bonds. The van der Waals surface area contributed by atoms with Crippen LogP contribution in [0, 0.1) is 11.6 Å². The summed E-state index contributed by atoms with van der Waals surface area (Å²) in [6.45, 7) is 2.70. The lowest BCUT2D eigenvalue weighted by atomic mass is 10.3. The van der Waals surface area contributed by atoms with E-state index in [9.17, 15) is 25.6 Å². The summed E-state index contributed by atoms with van der Waals surface area (Å²) in [6.07, 6.45) is 0. The van der Waals surface area contributed by atoms with Crippen LogP contribution < -0.4 is 4.74 Å². The van der Waals surface area contributed by atoms with Crippen molar-refractivity contribution in [2.45, 2.75) is 16.7 Å². The van der Waals surface area contributed by atoms with Gasteiger partial charge in [0.25, 0.3) is 0 Å². The lowest BCUT2D eigenvalue weighted by Gasteiger charge is -2.33. The van der Waals surface area contributed by atoms with Gasteiger partial charge in [-0.25, -0.2) is 25.6 Å². The molecule has 1 fully saturated rings. The van der Waals surface area contributed by atoms with Crippen molar-refractivity contribution in [3.63, 3.8) is 0 Å². The second-order valence-electron chi connectivity index (χ2n) is 6.90. The van der Waals surface area contributed by atoms with Crippen LogP contribution in [-0.2, 0) is 24.8 Å². The zero-order valence-corrected chi connectivity index (χ0v) is 19.0. The third kappa shape index (κ3) is 5.44. The van der Waals surface area contributed by atoms with E-state index in [2.05, 4.69) is 0 Å². The number of rotatable bonds is 9. The molecule has 0 aromatic heterocycles. The first-order chi connectivity index (χ1) is 15.2. The number of hydrogen-bond donors (Lipinski definition) is 0. The fraction of sp³-hybridized carbons (Fsp3) is 0.400. The van der Waals surface area contributed by atoms with E-state index < -0.39 is 36.6 Å². The normalized spacial score (nSPS) is 16.2. The van der Waals surface area contributed by atoms with Crippen molar-refractivity contribution >= 4 is 20.0 Å². The molecule has 0 unspecified atom stereocenters. The fourth-order valence-corrected chi connectivity index (χ4v) is 6.08. The molecule has 32 heavy (non-hydrogen) atoms. The van der Waals surface area contributed by atoms with Crippen LogP contribution in [0.1, 0.15) is 6.92 Å². The van der Waals surface area contributed by atoms with Crippen LogP contribution in [0.5, 0.6) is 5.75 Å². The molecular formula is C20H24F2N2O6S2. The number of benzene rings is 2. The Morgan fingerprint density at radius 2 is 1.44 bits per heavy atom.